The highest BCUT2D eigenvalue weighted by Crippen LogP contribution is 2.60. The van der Waals surface area contributed by atoms with Crippen LogP contribution in [0.2, 0.25) is 0 Å². The molecule has 0 aromatic carbocycles. The summed E-state index contributed by atoms with van der Waals surface area (Å²) < 4.78 is 2.16. The van der Waals surface area contributed by atoms with E-state index in [0.717, 1.165) is 29.8 Å². The first-order chi connectivity index (χ1) is 9.28. The SMILES string of the molecule is CCNCC1(Cc2cn3ccsc3n2)CC2CC2C1. The average molecular weight is 275 g/mol. The van der Waals surface area contributed by atoms with Gasteiger partial charge in [0.2, 0.25) is 0 Å². The van der Waals surface area contributed by atoms with Crippen LogP contribution in [0.25, 0.3) is 4.96 Å². The van der Waals surface area contributed by atoms with E-state index in [2.05, 4.69) is 34.4 Å². The minimum Gasteiger partial charge on any atom is -0.316 e. The molecule has 3 nitrogen and oxygen atoms in total. The molecule has 2 atom stereocenters. The highest BCUT2D eigenvalue weighted by molar-refractivity contribution is 7.15. The van der Waals surface area contributed by atoms with Crippen molar-refractivity contribution < 1.29 is 0 Å². The summed E-state index contributed by atoms with van der Waals surface area (Å²) in [6.45, 7) is 4.45. The molecule has 2 aromatic heterocycles. The van der Waals surface area contributed by atoms with Crippen molar-refractivity contribution in [2.75, 3.05) is 13.1 Å². The first kappa shape index (κ1) is 11.9. The van der Waals surface area contributed by atoms with Gasteiger partial charge in [0.05, 0.1) is 5.69 Å². The van der Waals surface area contributed by atoms with Crippen molar-refractivity contribution in [3.8, 4) is 0 Å². The molecule has 0 amide bonds. The van der Waals surface area contributed by atoms with Crippen LogP contribution in [0.3, 0.4) is 0 Å². The molecule has 0 saturated heterocycles. The maximum absolute atomic E-state index is 4.78. The van der Waals surface area contributed by atoms with Crippen LogP contribution in [0.1, 0.15) is 31.9 Å². The average Bonchev–Trinajstić information content (AvgIpc) is 2.78. The molecule has 4 heteroatoms. The summed E-state index contributed by atoms with van der Waals surface area (Å²) in [4.78, 5) is 5.92. The Morgan fingerprint density at radius 2 is 2.32 bits per heavy atom. The second-order valence-corrected chi connectivity index (χ2v) is 7.32. The fourth-order valence-electron chi connectivity index (χ4n) is 3.99. The minimum absolute atomic E-state index is 0.480. The Hall–Kier alpha value is -0.870. The molecule has 2 aliphatic carbocycles. The van der Waals surface area contributed by atoms with E-state index >= 15 is 0 Å². The maximum atomic E-state index is 4.78. The van der Waals surface area contributed by atoms with Crippen LogP contribution in [0, 0.1) is 17.3 Å². The summed E-state index contributed by atoms with van der Waals surface area (Å²) in [6.07, 6.45) is 9.81. The highest BCUT2D eigenvalue weighted by Gasteiger charge is 2.53. The molecule has 19 heavy (non-hydrogen) atoms. The molecule has 0 aliphatic heterocycles. The Morgan fingerprint density at radius 3 is 3.05 bits per heavy atom. The van der Waals surface area contributed by atoms with E-state index in [1.807, 2.05) is 0 Å². The van der Waals surface area contributed by atoms with Gasteiger partial charge in [-0.2, -0.15) is 0 Å². The molecular formula is C15H21N3S. The van der Waals surface area contributed by atoms with Crippen LogP contribution in [0.4, 0.5) is 0 Å². The number of imidazole rings is 1. The topological polar surface area (TPSA) is 29.3 Å². The largest absolute Gasteiger partial charge is 0.316 e. The predicted octanol–water partition coefficient (Wildman–Crippen LogP) is 2.96. The van der Waals surface area contributed by atoms with Crippen molar-refractivity contribution in [3.63, 3.8) is 0 Å². The molecule has 2 saturated carbocycles. The monoisotopic (exact) mass is 275 g/mol. The number of rotatable bonds is 5. The number of fused-ring (bicyclic) bond motifs is 2. The Morgan fingerprint density at radius 1 is 1.47 bits per heavy atom. The van der Waals surface area contributed by atoms with E-state index in [0.29, 0.717) is 5.41 Å². The first-order valence-electron chi connectivity index (χ1n) is 7.40. The Bertz CT molecular complexity index is 546. The fraction of sp³-hybridized carbons (Fsp3) is 0.667. The van der Waals surface area contributed by atoms with E-state index in [1.54, 1.807) is 11.3 Å². The fourth-order valence-corrected chi connectivity index (χ4v) is 4.71. The summed E-state index contributed by atoms with van der Waals surface area (Å²) in [5.74, 6) is 2.06. The van der Waals surface area contributed by atoms with Crippen LogP contribution in [-0.4, -0.2) is 22.5 Å². The van der Waals surface area contributed by atoms with Gasteiger partial charge in [-0.3, -0.25) is 4.40 Å². The van der Waals surface area contributed by atoms with Gasteiger partial charge < -0.3 is 5.32 Å². The van der Waals surface area contributed by atoms with E-state index in [9.17, 15) is 0 Å². The number of hydrogen-bond acceptors (Lipinski definition) is 3. The van der Waals surface area contributed by atoms with Crippen molar-refractivity contribution in [2.45, 2.75) is 32.6 Å². The molecule has 0 spiro atoms. The van der Waals surface area contributed by atoms with Crippen molar-refractivity contribution in [3.05, 3.63) is 23.5 Å². The minimum atomic E-state index is 0.480. The lowest BCUT2D eigenvalue weighted by Gasteiger charge is -2.30. The van der Waals surface area contributed by atoms with Gasteiger partial charge in [-0.05, 0) is 49.5 Å². The molecule has 0 bridgehead atoms. The van der Waals surface area contributed by atoms with Crippen molar-refractivity contribution in [1.29, 1.82) is 0 Å². The second-order valence-electron chi connectivity index (χ2n) is 6.45. The standard InChI is InChI=1S/C15H21N3S/c1-2-16-10-15(6-11-5-12(11)7-15)8-13-9-18-3-4-19-14(18)17-13/h3-4,9,11-12,16H,2,5-8,10H2,1H3. The lowest BCUT2D eigenvalue weighted by atomic mass is 9.78. The number of nitrogens with one attached hydrogen (secondary N) is 1. The number of thiazole rings is 1. The molecule has 0 radical (unpaired) electrons. The van der Waals surface area contributed by atoms with E-state index < -0.39 is 0 Å². The van der Waals surface area contributed by atoms with Gasteiger partial charge >= 0.3 is 0 Å². The summed E-state index contributed by atoms with van der Waals surface area (Å²) in [6, 6.07) is 0. The van der Waals surface area contributed by atoms with Crippen LogP contribution in [0.15, 0.2) is 17.8 Å². The summed E-state index contributed by atoms with van der Waals surface area (Å²) in [7, 11) is 0. The van der Waals surface area contributed by atoms with Gasteiger partial charge in [0.1, 0.15) is 0 Å². The lowest BCUT2D eigenvalue weighted by Crippen LogP contribution is -2.35. The molecule has 4 rings (SSSR count). The maximum Gasteiger partial charge on any atom is 0.193 e. The van der Waals surface area contributed by atoms with Gasteiger partial charge in [0.15, 0.2) is 4.96 Å². The number of nitrogens with zero attached hydrogens (tertiary/aromatic N) is 2. The predicted molar refractivity (Wildman–Crippen MR) is 78.6 cm³/mol. The number of aromatic nitrogens is 2. The molecule has 2 aliphatic rings. The lowest BCUT2D eigenvalue weighted by molar-refractivity contribution is 0.248. The van der Waals surface area contributed by atoms with Gasteiger partial charge in [-0.15, -0.1) is 11.3 Å². The van der Waals surface area contributed by atoms with Gasteiger partial charge in [-0.25, -0.2) is 4.98 Å². The zero-order chi connectivity index (χ0) is 12.9. The molecule has 102 valence electrons. The normalized spacial score (nSPS) is 32.9. The van der Waals surface area contributed by atoms with E-state index in [1.165, 1.54) is 31.5 Å². The van der Waals surface area contributed by atoms with Crippen LogP contribution < -0.4 is 5.32 Å². The van der Waals surface area contributed by atoms with Crippen molar-refractivity contribution >= 4 is 16.3 Å². The third-order valence-electron chi connectivity index (χ3n) is 4.91. The quantitative estimate of drug-likeness (QED) is 0.909. The van der Waals surface area contributed by atoms with Crippen LogP contribution >= 0.6 is 11.3 Å². The molecular weight excluding hydrogens is 254 g/mol. The highest BCUT2D eigenvalue weighted by atomic mass is 32.1. The third-order valence-corrected chi connectivity index (χ3v) is 5.68. The smallest absolute Gasteiger partial charge is 0.193 e. The zero-order valence-corrected chi connectivity index (χ0v) is 12.2. The molecule has 2 heterocycles. The molecule has 2 unspecified atom stereocenters. The van der Waals surface area contributed by atoms with Gasteiger partial charge in [0.25, 0.3) is 0 Å². The van der Waals surface area contributed by atoms with Crippen LogP contribution in [-0.2, 0) is 6.42 Å². The van der Waals surface area contributed by atoms with E-state index in [-0.39, 0.29) is 0 Å². The van der Waals surface area contributed by atoms with Crippen molar-refractivity contribution in [1.82, 2.24) is 14.7 Å². The zero-order valence-electron chi connectivity index (χ0n) is 11.4. The van der Waals surface area contributed by atoms with Crippen molar-refractivity contribution in [2.24, 2.45) is 17.3 Å². The van der Waals surface area contributed by atoms with Gasteiger partial charge in [-0.1, -0.05) is 6.92 Å². The Kier molecular flexibility index (Phi) is 2.71. The summed E-state index contributed by atoms with van der Waals surface area (Å²) in [5, 5.41) is 5.69. The van der Waals surface area contributed by atoms with E-state index in [4.69, 9.17) is 4.98 Å². The second kappa shape index (κ2) is 4.32. The Labute approximate surface area is 118 Å². The molecule has 2 aromatic rings. The molecule has 1 N–H and O–H groups in total. The van der Waals surface area contributed by atoms with Crippen LogP contribution in [0.5, 0.6) is 0 Å². The summed E-state index contributed by atoms with van der Waals surface area (Å²) >= 11 is 1.73. The number of hydrogen-bond donors (Lipinski definition) is 1. The third kappa shape index (κ3) is 2.11. The van der Waals surface area contributed by atoms with Gasteiger partial charge in [0, 0.05) is 24.3 Å². The summed E-state index contributed by atoms with van der Waals surface area (Å²) in [5.41, 5.74) is 1.76. The Balaban J connectivity index is 1.55. The molecule has 2 fully saturated rings. The first-order valence-corrected chi connectivity index (χ1v) is 8.28.